The largest absolute Gasteiger partial charge is 0.364 e. The molecule has 0 spiro atoms. The molecule has 0 saturated heterocycles. The highest BCUT2D eigenvalue weighted by molar-refractivity contribution is 7.10. The first-order valence-electron chi connectivity index (χ1n) is 7.51. The van der Waals surface area contributed by atoms with Crippen LogP contribution in [0, 0.1) is 10.1 Å². The molecule has 1 atom stereocenters. The van der Waals surface area contributed by atoms with Crippen LogP contribution in [0.1, 0.15) is 23.4 Å². The van der Waals surface area contributed by atoms with E-state index in [2.05, 4.69) is 28.3 Å². The lowest BCUT2D eigenvalue weighted by molar-refractivity contribution is -0.383. The van der Waals surface area contributed by atoms with Crippen molar-refractivity contribution in [3.63, 3.8) is 0 Å². The molecule has 116 valence electrons. The summed E-state index contributed by atoms with van der Waals surface area (Å²) in [7, 11) is 0. The number of nitro benzene ring substituents is 1. The fourth-order valence-corrected chi connectivity index (χ4v) is 4.37. The molecule has 0 fully saturated rings. The molecule has 1 aromatic carbocycles. The van der Waals surface area contributed by atoms with E-state index in [4.69, 9.17) is 0 Å². The Morgan fingerprint density at radius 2 is 2.17 bits per heavy atom. The highest BCUT2D eigenvalue weighted by Crippen LogP contribution is 2.40. The summed E-state index contributed by atoms with van der Waals surface area (Å²) in [5.41, 5.74) is 2.51. The summed E-state index contributed by atoms with van der Waals surface area (Å²) in [6, 6.07) is 7.78. The van der Waals surface area contributed by atoms with Crippen LogP contribution < -0.4 is 4.90 Å². The molecule has 2 aromatic heterocycles. The molecule has 0 radical (unpaired) electrons. The summed E-state index contributed by atoms with van der Waals surface area (Å²) < 4.78 is 0. The molecule has 3 aromatic rings. The fourth-order valence-electron chi connectivity index (χ4n) is 3.41. The Morgan fingerprint density at radius 3 is 3.00 bits per heavy atom. The Bertz CT molecular complexity index is 906. The lowest BCUT2D eigenvalue weighted by Gasteiger charge is -2.36. The molecule has 1 aliphatic rings. The van der Waals surface area contributed by atoms with E-state index in [1.807, 2.05) is 23.5 Å². The summed E-state index contributed by atoms with van der Waals surface area (Å²) in [4.78, 5) is 18.8. The Hall–Kier alpha value is -2.47. The molecule has 0 bridgehead atoms. The van der Waals surface area contributed by atoms with Gasteiger partial charge >= 0.3 is 0 Å². The van der Waals surface area contributed by atoms with Crippen molar-refractivity contribution in [3.8, 4) is 0 Å². The molecule has 0 unspecified atom stereocenters. The number of hydrogen-bond acceptors (Lipinski definition) is 5. The van der Waals surface area contributed by atoms with Crippen LogP contribution in [-0.4, -0.2) is 16.5 Å². The van der Waals surface area contributed by atoms with Crippen molar-refractivity contribution in [2.24, 2.45) is 0 Å². The predicted octanol–water partition coefficient (Wildman–Crippen LogP) is 4.33. The maximum absolute atomic E-state index is 11.3. The molecule has 0 aliphatic carbocycles. The number of rotatable bonds is 2. The van der Waals surface area contributed by atoms with E-state index in [-0.39, 0.29) is 16.7 Å². The summed E-state index contributed by atoms with van der Waals surface area (Å²) in [6.07, 6.45) is 4.29. The number of non-ortho nitro benzene ring substituents is 1. The minimum atomic E-state index is -0.343. The van der Waals surface area contributed by atoms with Gasteiger partial charge in [-0.05, 0) is 42.5 Å². The summed E-state index contributed by atoms with van der Waals surface area (Å²) in [6.45, 7) is 3.11. The third-order valence-electron chi connectivity index (χ3n) is 4.56. The zero-order chi connectivity index (χ0) is 16.0. The van der Waals surface area contributed by atoms with Gasteiger partial charge in [0, 0.05) is 41.0 Å². The van der Waals surface area contributed by atoms with Gasteiger partial charge in [0.2, 0.25) is 0 Å². The molecule has 0 N–H and O–H groups in total. The maximum atomic E-state index is 11.3. The molecule has 3 heterocycles. The van der Waals surface area contributed by atoms with Crippen molar-refractivity contribution >= 4 is 33.5 Å². The van der Waals surface area contributed by atoms with Gasteiger partial charge < -0.3 is 4.90 Å². The lowest BCUT2D eigenvalue weighted by atomic mass is 9.99. The number of aromatic nitrogens is 1. The van der Waals surface area contributed by atoms with Crippen LogP contribution in [0.5, 0.6) is 0 Å². The van der Waals surface area contributed by atoms with Gasteiger partial charge in [-0.2, -0.15) is 0 Å². The number of nitrogens with zero attached hydrogens (tertiary/aromatic N) is 3. The van der Waals surface area contributed by atoms with Gasteiger partial charge in [-0.3, -0.25) is 15.1 Å². The number of benzene rings is 1. The minimum absolute atomic E-state index is 0.109. The number of hydrogen-bond donors (Lipinski definition) is 0. The Morgan fingerprint density at radius 1 is 1.30 bits per heavy atom. The van der Waals surface area contributed by atoms with Gasteiger partial charge in [0.1, 0.15) is 0 Å². The summed E-state index contributed by atoms with van der Waals surface area (Å²) >= 11 is 1.81. The summed E-state index contributed by atoms with van der Waals surface area (Å²) in [5, 5.41) is 14.9. The second-order valence-electron chi connectivity index (χ2n) is 5.70. The Kier molecular flexibility index (Phi) is 3.27. The first-order valence-corrected chi connectivity index (χ1v) is 8.39. The zero-order valence-corrected chi connectivity index (χ0v) is 13.4. The second kappa shape index (κ2) is 5.31. The van der Waals surface area contributed by atoms with E-state index >= 15 is 0 Å². The predicted molar refractivity (Wildman–Crippen MR) is 92.2 cm³/mol. The monoisotopic (exact) mass is 325 g/mol. The quantitative estimate of drug-likeness (QED) is 0.520. The topological polar surface area (TPSA) is 59.3 Å². The van der Waals surface area contributed by atoms with E-state index in [1.165, 1.54) is 10.4 Å². The Balaban J connectivity index is 1.87. The normalized spacial score (nSPS) is 17.3. The van der Waals surface area contributed by atoms with Gasteiger partial charge in [-0.25, -0.2) is 0 Å². The van der Waals surface area contributed by atoms with Crippen LogP contribution in [0.4, 0.5) is 11.4 Å². The number of fused-ring (bicyclic) bond motifs is 2. The number of thiophene rings is 1. The average molecular weight is 325 g/mol. The SMILES string of the molecule is C[C@H]1c2ccsc2CCN1c1ccc([N+](=O)[O-])c2cnccc12. The van der Waals surface area contributed by atoms with Crippen LogP contribution >= 0.6 is 11.3 Å². The highest BCUT2D eigenvalue weighted by Gasteiger charge is 2.27. The van der Waals surface area contributed by atoms with E-state index in [1.54, 1.807) is 18.5 Å². The van der Waals surface area contributed by atoms with Crippen molar-refractivity contribution in [1.29, 1.82) is 0 Å². The Labute approximate surface area is 137 Å². The molecule has 0 amide bonds. The van der Waals surface area contributed by atoms with Crippen molar-refractivity contribution in [2.45, 2.75) is 19.4 Å². The number of anilines is 1. The first kappa shape index (κ1) is 14.1. The zero-order valence-electron chi connectivity index (χ0n) is 12.6. The molecular formula is C17H15N3O2S. The maximum Gasteiger partial charge on any atom is 0.278 e. The van der Waals surface area contributed by atoms with Gasteiger partial charge in [0.25, 0.3) is 5.69 Å². The van der Waals surface area contributed by atoms with Gasteiger partial charge in [-0.1, -0.05) is 0 Å². The third-order valence-corrected chi connectivity index (χ3v) is 5.55. The average Bonchev–Trinajstić information content (AvgIpc) is 3.04. The van der Waals surface area contributed by atoms with Gasteiger partial charge in [0.15, 0.2) is 0 Å². The van der Waals surface area contributed by atoms with Crippen LogP contribution in [0.2, 0.25) is 0 Å². The van der Waals surface area contributed by atoms with Crippen molar-refractivity contribution in [1.82, 2.24) is 4.98 Å². The van der Waals surface area contributed by atoms with Crippen molar-refractivity contribution in [3.05, 3.63) is 62.6 Å². The van der Waals surface area contributed by atoms with Crippen molar-refractivity contribution in [2.75, 3.05) is 11.4 Å². The van der Waals surface area contributed by atoms with E-state index in [0.29, 0.717) is 5.39 Å². The van der Waals surface area contributed by atoms with E-state index < -0.39 is 0 Å². The minimum Gasteiger partial charge on any atom is -0.364 e. The highest BCUT2D eigenvalue weighted by atomic mass is 32.1. The van der Waals surface area contributed by atoms with Crippen molar-refractivity contribution < 1.29 is 4.92 Å². The molecular weight excluding hydrogens is 310 g/mol. The van der Waals surface area contributed by atoms with E-state index in [0.717, 1.165) is 24.0 Å². The van der Waals surface area contributed by atoms with E-state index in [9.17, 15) is 10.1 Å². The van der Waals surface area contributed by atoms with Crippen LogP contribution in [-0.2, 0) is 6.42 Å². The smallest absolute Gasteiger partial charge is 0.278 e. The molecule has 0 saturated carbocycles. The lowest BCUT2D eigenvalue weighted by Crippen LogP contribution is -2.33. The number of nitro groups is 1. The molecule has 4 rings (SSSR count). The fraction of sp³-hybridized carbons (Fsp3) is 0.235. The summed E-state index contributed by atoms with van der Waals surface area (Å²) in [5.74, 6) is 0. The van der Waals surface area contributed by atoms with Crippen LogP contribution in [0.15, 0.2) is 42.0 Å². The molecule has 1 aliphatic heterocycles. The number of pyridine rings is 1. The van der Waals surface area contributed by atoms with Crippen LogP contribution in [0.25, 0.3) is 10.8 Å². The first-order chi connectivity index (χ1) is 11.2. The van der Waals surface area contributed by atoms with Gasteiger partial charge in [-0.15, -0.1) is 11.3 Å². The standard InChI is InChI=1S/C17H15N3O2S/c1-11-12-6-9-23-17(12)5-8-19(11)15-2-3-16(20(21)22)14-10-18-7-4-13(14)15/h2-4,6-7,9-11H,5,8H2,1H3/t11-/m0/s1. The van der Waals surface area contributed by atoms with Gasteiger partial charge in [0.05, 0.1) is 16.4 Å². The van der Waals surface area contributed by atoms with Crippen LogP contribution in [0.3, 0.4) is 0 Å². The molecule has 5 nitrogen and oxygen atoms in total. The third kappa shape index (κ3) is 2.17. The molecule has 6 heteroatoms. The second-order valence-corrected chi connectivity index (χ2v) is 6.70. The molecule has 23 heavy (non-hydrogen) atoms.